The van der Waals surface area contributed by atoms with Gasteiger partial charge in [0.05, 0.1) is 19.8 Å². The van der Waals surface area contributed by atoms with Crippen LogP contribution in [0.2, 0.25) is 0 Å². The number of hydrogen-bond acceptors (Lipinski definition) is 4. The summed E-state index contributed by atoms with van der Waals surface area (Å²) in [6.07, 6.45) is 5.72. The zero-order valence-electron chi connectivity index (χ0n) is 18.1. The second-order valence-corrected chi connectivity index (χ2v) is 8.17. The molecule has 160 valence electrons. The molecule has 1 heterocycles. The maximum Gasteiger partial charge on any atom is 0.124 e. The minimum Gasteiger partial charge on any atom is -0.496 e. The predicted molar refractivity (Wildman–Crippen MR) is 125 cm³/mol. The van der Waals surface area contributed by atoms with Crippen molar-refractivity contribution in [1.29, 1.82) is 0 Å². The normalized spacial score (nSPS) is 21.4. The van der Waals surface area contributed by atoms with Gasteiger partial charge in [0.1, 0.15) is 18.1 Å². The first-order chi connectivity index (χ1) is 15.3. The van der Waals surface area contributed by atoms with Gasteiger partial charge >= 0.3 is 0 Å². The number of ether oxygens (including phenoxy) is 3. The van der Waals surface area contributed by atoms with Crippen molar-refractivity contribution < 1.29 is 14.2 Å². The Kier molecular flexibility index (Phi) is 5.56. The highest BCUT2D eigenvalue weighted by molar-refractivity contribution is 5.89. The van der Waals surface area contributed by atoms with E-state index in [0.717, 1.165) is 17.9 Å². The molecule has 0 fully saturated rings. The number of methoxy groups -OCH3 is 1. The fraction of sp³-hybridized carbons (Fsp3) is 0.333. The van der Waals surface area contributed by atoms with Crippen LogP contribution >= 0.6 is 0 Å². The Balaban J connectivity index is 1.52. The van der Waals surface area contributed by atoms with Crippen LogP contribution in [-0.2, 0) is 4.74 Å². The Morgan fingerprint density at radius 2 is 1.94 bits per heavy atom. The van der Waals surface area contributed by atoms with E-state index in [4.69, 9.17) is 14.2 Å². The molecule has 3 unspecified atom stereocenters. The van der Waals surface area contributed by atoms with Crippen LogP contribution in [0.1, 0.15) is 36.4 Å². The molecule has 5 rings (SSSR count). The van der Waals surface area contributed by atoms with Crippen LogP contribution in [0.5, 0.6) is 11.5 Å². The van der Waals surface area contributed by atoms with Crippen molar-refractivity contribution >= 4 is 16.5 Å². The van der Waals surface area contributed by atoms with Crippen molar-refractivity contribution in [2.24, 2.45) is 5.92 Å². The molecule has 3 aromatic rings. The number of rotatable bonds is 7. The smallest absolute Gasteiger partial charge is 0.124 e. The fourth-order valence-electron chi connectivity index (χ4n) is 5.09. The van der Waals surface area contributed by atoms with E-state index in [-0.39, 0.29) is 6.04 Å². The summed E-state index contributed by atoms with van der Waals surface area (Å²) in [5.41, 5.74) is 3.73. The van der Waals surface area contributed by atoms with Gasteiger partial charge in [-0.2, -0.15) is 0 Å². The molecule has 0 spiro atoms. The third-order valence-corrected chi connectivity index (χ3v) is 6.50. The SMILES string of the molecule is CCOCCOc1ccc2c(c1)C1C=CCC1C(c1c(OC)ccc3ccccc13)N2. The largest absolute Gasteiger partial charge is 0.496 e. The molecule has 0 saturated heterocycles. The van der Waals surface area contributed by atoms with E-state index in [1.165, 1.54) is 27.6 Å². The van der Waals surface area contributed by atoms with Gasteiger partial charge in [-0.25, -0.2) is 0 Å². The maximum absolute atomic E-state index is 5.93. The zero-order valence-corrected chi connectivity index (χ0v) is 18.1. The lowest BCUT2D eigenvalue weighted by Gasteiger charge is -2.38. The second-order valence-electron chi connectivity index (χ2n) is 8.17. The average molecular weight is 416 g/mol. The molecule has 1 aliphatic carbocycles. The third kappa shape index (κ3) is 3.66. The van der Waals surface area contributed by atoms with Gasteiger partial charge in [0.25, 0.3) is 0 Å². The summed E-state index contributed by atoms with van der Waals surface area (Å²) >= 11 is 0. The summed E-state index contributed by atoms with van der Waals surface area (Å²) in [7, 11) is 1.76. The van der Waals surface area contributed by atoms with Crippen LogP contribution in [-0.4, -0.2) is 26.9 Å². The molecule has 0 amide bonds. The van der Waals surface area contributed by atoms with Crippen LogP contribution in [0.25, 0.3) is 10.8 Å². The first-order valence-electron chi connectivity index (χ1n) is 11.1. The number of benzene rings is 3. The van der Waals surface area contributed by atoms with Crippen LogP contribution in [0.4, 0.5) is 5.69 Å². The number of anilines is 1. The maximum atomic E-state index is 5.93. The lowest BCUT2D eigenvalue weighted by molar-refractivity contribution is 0.110. The topological polar surface area (TPSA) is 39.7 Å². The Labute approximate surface area is 183 Å². The summed E-state index contributed by atoms with van der Waals surface area (Å²) in [5, 5.41) is 6.35. The van der Waals surface area contributed by atoms with Crippen LogP contribution < -0.4 is 14.8 Å². The molecule has 2 aliphatic rings. The highest BCUT2D eigenvalue weighted by Gasteiger charge is 2.39. The van der Waals surface area contributed by atoms with Gasteiger partial charge in [0.15, 0.2) is 0 Å². The molecule has 31 heavy (non-hydrogen) atoms. The Morgan fingerprint density at radius 3 is 2.81 bits per heavy atom. The van der Waals surface area contributed by atoms with Crippen molar-refractivity contribution in [3.05, 3.63) is 77.9 Å². The number of hydrogen-bond donors (Lipinski definition) is 1. The molecule has 1 aliphatic heterocycles. The van der Waals surface area contributed by atoms with E-state index in [9.17, 15) is 0 Å². The zero-order chi connectivity index (χ0) is 21.2. The molecule has 4 nitrogen and oxygen atoms in total. The number of nitrogens with one attached hydrogen (secondary N) is 1. The second kappa shape index (κ2) is 8.64. The summed E-state index contributed by atoms with van der Waals surface area (Å²) < 4.78 is 17.2. The van der Waals surface area contributed by atoms with Crippen molar-refractivity contribution in [2.45, 2.75) is 25.3 Å². The van der Waals surface area contributed by atoms with E-state index >= 15 is 0 Å². The van der Waals surface area contributed by atoms with Crippen LogP contribution in [0.3, 0.4) is 0 Å². The van der Waals surface area contributed by atoms with Gasteiger partial charge in [-0.15, -0.1) is 0 Å². The number of allylic oxidation sites excluding steroid dienone is 2. The minimum absolute atomic E-state index is 0.179. The van der Waals surface area contributed by atoms with E-state index in [1.54, 1.807) is 7.11 Å². The molecule has 0 radical (unpaired) electrons. The van der Waals surface area contributed by atoms with Gasteiger partial charge in [-0.05, 0) is 59.9 Å². The monoisotopic (exact) mass is 415 g/mol. The number of fused-ring (bicyclic) bond motifs is 4. The standard InChI is InChI=1S/C27H29NO3/c1-3-30-15-16-31-19-12-13-24-23(17-19)21-9-6-10-22(21)27(28-24)26-20-8-5-4-7-18(20)11-14-25(26)29-2/h4-9,11-14,17,21-22,27-28H,3,10,15-16H2,1-2H3. The van der Waals surface area contributed by atoms with Gasteiger partial charge < -0.3 is 19.5 Å². The minimum atomic E-state index is 0.179. The molecule has 3 aromatic carbocycles. The molecule has 0 saturated carbocycles. The summed E-state index contributed by atoms with van der Waals surface area (Å²) in [6.45, 7) is 3.89. The summed E-state index contributed by atoms with van der Waals surface area (Å²) in [4.78, 5) is 0. The van der Waals surface area contributed by atoms with Crippen molar-refractivity contribution in [3.63, 3.8) is 0 Å². The molecule has 4 heteroatoms. The van der Waals surface area contributed by atoms with Crippen molar-refractivity contribution in [2.75, 3.05) is 32.2 Å². The average Bonchev–Trinajstić information content (AvgIpc) is 3.31. The first kappa shape index (κ1) is 20.0. The Hall–Kier alpha value is -2.98. The van der Waals surface area contributed by atoms with Crippen LogP contribution in [0, 0.1) is 5.92 Å². The first-order valence-corrected chi connectivity index (χ1v) is 11.1. The highest BCUT2D eigenvalue weighted by Crippen LogP contribution is 2.52. The van der Waals surface area contributed by atoms with E-state index < -0.39 is 0 Å². The van der Waals surface area contributed by atoms with Crippen molar-refractivity contribution in [3.8, 4) is 11.5 Å². The molecule has 0 aromatic heterocycles. The van der Waals surface area contributed by atoms with Crippen LogP contribution in [0.15, 0.2) is 66.7 Å². The summed E-state index contributed by atoms with van der Waals surface area (Å²) in [5.74, 6) is 2.65. The summed E-state index contributed by atoms with van der Waals surface area (Å²) in [6, 6.07) is 19.4. The Morgan fingerprint density at radius 1 is 1.03 bits per heavy atom. The van der Waals surface area contributed by atoms with Gasteiger partial charge in [-0.1, -0.05) is 42.5 Å². The molecule has 1 N–H and O–H groups in total. The van der Waals surface area contributed by atoms with Gasteiger partial charge in [-0.3, -0.25) is 0 Å². The van der Waals surface area contributed by atoms with E-state index in [2.05, 4.69) is 66.0 Å². The molecule has 3 atom stereocenters. The molecule has 0 bridgehead atoms. The highest BCUT2D eigenvalue weighted by atomic mass is 16.5. The Bertz CT molecular complexity index is 1110. The van der Waals surface area contributed by atoms with Gasteiger partial charge in [0, 0.05) is 23.8 Å². The van der Waals surface area contributed by atoms with Crippen molar-refractivity contribution in [1.82, 2.24) is 0 Å². The lowest BCUT2D eigenvalue weighted by atomic mass is 9.76. The third-order valence-electron chi connectivity index (χ3n) is 6.50. The fourth-order valence-corrected chi connectivity index (χ4v) is 5.09. The van der Waals surface area contributed by atoms with E-state index in [1.807, 2.05) is 13.0 Å². The van der Waals surface area contributed by atoms with E-state index in [0.29, 0.717) is 31.7 Å². The lowest BCUT2D eigenvalue weighted by Crippen LogP contribution is -2.29. The predicted octanol–water partition coefficient (Wildman–Crippen LogP) is 6.09. The molecular formula is C27H29NO3. The quantitative estimate of drug-likeness (QED) is 0.374. The molecular weight excluding hydrogens is 386 g/mol. The van der Waals surface area contributed by atoms with Gasteiger partial charge in [0.2, 0.25) is 0 Å².